The monoisotopic (exact) mass is 467 g/mol. The van der Waals surface area contributed by atoms with Crippen molar-refractivity contribution in [2.45, 2.75) is 57.2 Å². The van der Waals surface area contributed by atoms with Gasteiger partial charge < -0.3 is 14.8 Å². The van der Waals surface area contributed by atoms with Crippen LogP contribution in [0.1, 0.15) is 65.5 Å². The zero-order valence-electron chi connectivity index (χ0n) is 17.8. The third-order valence-corrected chi connectivity index (χ3v) is 7.59. The van der Waals surface area contributed by atoms with E-state index in [1.807, 2.05) is 58.6 Å². The van der Waals surface area contributed by atoms with Crippen molar-refractivity contribution in [2.75, 3.05) is 0 Å². The Hall–Kier alpha value is -2.57. The molecule has 2 aromatic heterocycles. The number of nitrogens with one attached hydrogen (secondary N) is 1. The first-order valence-corrected chi connectivity index (χ1v) is 12.5. The lowest BCUT2D eigenvalue weighted by Gasteiger charge is -2.31. The number of hydrogen-bond donors (Lipinski definition) is 1. The minimum atomic E-state index is -0.698. The molecule has 1 atom stereocenters. The molecule has 5 nitrogen and oxygen atoms in total. The molecular weight excluding hydrogens is 442 g/mol. The second kappa shape index (κ2) is 9.12. The Morgan fingerprint density at radius 1 is 1.06 bits per heavy atom. The quantitative estimate of drug-likeness (QED) is 0.498. The van der Waals surface area contributed by atoms with Gasteiger partial charge in [-0.1, -0.05) is 49.4 Å². The van der Waals surface area contributed by atoms with E-state index in [0.29, 0.717) is 16.4 Å². The molecule has 0 spiro atoms. The molecule has 1 aliphatic heterocycles. The zero-order valence-corrected chi connectivity index (χ0v) is 19.4. The Morgan fingerprint density at radius 3 is 2.56 bits per heavy atom. The molecule has 1 N–H and O–H groups in total. The molecule has 2 amide bonds. The molecule has 5 rings (SSSR count). The number of thiophene rings is 1. The molecule has 3 aromatic rings. The smallest absolute Gasteiger partial charge is 0.267 e. The molecule has 0 radical (unpaired) electrons. The van der Waals surface area contributed by atoms with Crippen molar-refractivity contribution in [3.8, 4) is 5.69 Å². The fourth-order valence-corrected chi connectivity index (χ4v) is 5.79. The zero-order chi connectivity index (χ0) is 22.1. The van der Waals surface area contributed by atoms with Crippen LogP contribution in [0.4, 0.5) is 0 Å². The number of fused-ring (bicyclic) bond motifs is 3. The molecule has 1 aliphatic carbocycles. The van der Waals surface area contributed by atoms with E-state index in [1.165, 1.54) is 24.2 Å². The maximum atomic E-state index is 13.7. The van der Waals surface area contributed by atoms with Gasteiger partial charge in [-0.05, 0) is 54.1 Å². The summed E-state index contributed by atoms with van der Waals surface area (Å²) in [6.07, 6.45) is 8.65. The average Bonchev–Trinajstić information content (AvgIpc) is 3.37. The predicted octanol–water partition coefficient (Wildman–Crippen LogP) is 5.73. The first-order valence-electron chi connectivity index (χ1n) is 11.2. The van der Waals surface area contributed by atoms with Crippen LogP contribution in [0, 0.1) is 0 Å². The maximum Gasteiger partial charge on any atom is 0.267 e. The highest BCUT2D eigenvalue weighted by molar-refractivity contribution is 7.12. The lowest BCUT2D eigenvalue weighted by Crippen LogP contribution is -2.46. The van der Waals surface area contributed by atoms with Gasteiger partial charge in [-0.2, -0.15) is 0 Å². The molecule has 2 aliphatic rings. The lowest BCUT2D eigenvalue weighted by molar-refractivity contribution is -0.127. The highest BCUT2D eigenvalue weighted by atomic mass is 35.5. The van der Waals surface area contributed by atoms with Gasteiger partial charge in [0.2, 0.25) is 5.91 Å². The van der Waals surface area contributed by atoms with Gasteiger partial charge in [0.05, 0.1) is 11.4 Å². The highest BCUT2D eigenvalue weighted by Crippen LogP contribution is 2.36. The number of halogens is 1. The Labute approximate surface area is 197 Å². The van der Waals surface area contributed by atoms with Gasteiger partial charge >= 0.3 is 0 Å². The Morgan fingerprint density at radius 2 is 1.81 bits per heavy atom. The second-order valence-electron chi connectivity index (χ2n) is 8.60. The first-order chi connectivity index (χ1) is 15.6. The van der Waals surface area contributed by atoms with Crippen LogP contribution in [0.5, 0.6) is 0 Å². The average molecular weight is 468 g/mol. The topological polar surface area (TPSA) is 54.3 Å². The van der Waals surface area contributed by atoms with Crippen LogP contribution in [-0.4, -0.2) is 27.3 Å². The van der Waals surface area contributed by atoms with E-state index in [-0.39, 0.29) is 17.9 Å². The summed E-state index contributed by atoms with van der Waals surface area (Å²) in [4.78, 5) is 29.8. The van der Waals surface area contributed by atoms with E-state index < -0.39 is 6.04 Å². The molecule has 1 saturated carbocycles. The van der Waals surface area contributed by atoms with E-state index in [2.05, 4.69) is 5.32 Å². The maximum absolute atomic E-state index is 13.7. The summed E-state index contributed by atoms with van der Waals surface area (Å²) >= 11 is 7.49. The van der Waals surface area contributed by atoms with Gasteiger partial charge in [-0.15, -0.1) is 11.3 Å². The van der Waals surface area contributed by atoms with E-state index in [1.54, 1.807) is 4.90 Å². The van der Waals surface area contributed by atoms with Gasteiger partial charge in [-0.25, -0.2) is 0 Å². The number of amides is 2. The van der Waals surface area contributed by atoms with Crippen molar-refractivity contribution < 1.29 is 9.59 Å². The minimum absolute atomic E-state index is 0.102. The van der Waals surface area contributed by atoms with E-state index in [9.17, 15) is 9.59 Å². The van der Waals surface area contributed by atoms with Gasteiger partial charge in [0, 0.05) is 23.8 Å². The van der Waals surface area contributed by atoms with E-state index in [0.717, 1.165) is 42.6 Å². The molecule has 166 valence electrons. The van der Waals surface area contributed by atoms with Crippen LogP contribution in [-0.2, 0) is 11.3 Å². The predicted molar refractivity (Wildman–Crippen MR) is 127 cm³/mol. The normalized spacial score (nSPS) is 19.1. The van der Waals surface area contributed by atoms with Crippen LogP contribution in [0.3, 0.4) is 0 Å². The molecule has 1 fully saturated rings. The van der Waals surface area contributed by atoms with Gasteiger partial charge in [0.15, 0.2) is 6.04 Å². The molecule has 32 heavy (non-hydrogen) atoms. The van der Waals surface area contributed by atoms with Crippen LogP contribution in [0.15, 0.2) is 54.0 Å². The lowest BCUT2D eigenvalue weighted by atomic mass is 10.1. The molecule has 7 heteroatoms. The summed E-state index contributed by atoms with van der Waals surface area (Å²) in [6.45, 7) is 0.335. The van der Waals surface area contributed by atoms with Crippen LogP contribution < -0.4 is 5.32 Å². The van der Waals surface area contributed by atoms with Gasteiger partial charge in [0.25, 0.3) is 5.91 Å². The number of rotatable bonds is 4. The number of carbonyl (C=O) groups is 2. The number of nitrogens with zero attached hydrogens (tertiary/aromatic N) is 2. The summed E-state index contributed by atoms with van der Waals surface area (Å²) in [5.41, 5.74) is 2.59. The Kier molecular flexibility index (Phi) is 6.07. The standard InChI is InChI=1S/C25H26ClN3O2S/c26-18-11-9-17(10-12-18)16-29-22(24(30)27-19-6-3-1-2-4-7-19)20-8-5-14-28(20)21-13-15-32-23(21)25(29)31/h5,8-15,19,22H,1-4,6-7,16H2,(H,27,30). The van der Waals surface area contributed by atoms with Crippen molar-refractivity contribution in [3.05, 3.63) is 75.2 Å². The molecule has 1 aromatic carbocycles. The van der Waals surface area contributed by atoms with Crippen molar-refractivity contribution in [2.24, 2.45) is 0 Å². The summed E-state index contributed by atoms with van der Waals surface area (Å²) in [5.74, 6) is -0.219. The molecule has 1 unspecified atom stereocenters. The summed E-state index contributed by atoms with van der Waals surface area (Å²) < 4.78 is 1.99. The summed E-state index contributed by atoms with van der Waals surface area (Å²) in [6, 6.07) is 12.8. The Balaban J connectivity index is 1.53. The minimum Gasteiger partial charge on any atom is -0.351 e. The van der Waals surface area contributed by atoms with Crippen LogP contribution >= 0.6 is 22.9 Å². The van der Waals surface area contributed by atoms with E-state index in [4.69, 9.17) is 11.6 Å². The summed E-state index contributed by atoms with van der Waals surface area (Å²) in [7, 11) is 0. The number of carbonyl (C=O) groups excluding carboxylic acids is 2. The fourth-order valence-electron chi connectivity index (χ4n) is 4.83. The van der Waals surface area contributed by atoms with E-state index >= 15 is 0 Å². The number of aromatic nitrogens is 1. The molecule has 3 heterocycles. The van der Waals surface area contributed by atoms with Crippen molar-refractivity contribution in [3.63, 3.8) is 0 Å². The number of hydrogen-bond acceptors (Lipinski definition) is 3. The first kappa shape index (κ1) is 21.3. The highest BCUT2D eigenvalue weighted by Gasteiger charge is 2.39. The second-order valence-corrected chi connectivity index (χ2v) is 9.95. The van der Waals surface area contributed by atoms with Gasteiger partial charge in [-0.3, -0.25) is 9.59 Å². The Bertz CT molecular complexity index is 1110. The number of benzene rings is 1. The third-order valence-electron chi connectivity index (χ3n) is 6.45. The van der Waals surface area contributed by atoms with Crippen LogP contribution in [0.25, 0.3) is 5.69 Å². The third kappa shape index (κ3) is 4.09. The fraction of sp³-hybridized carbons (Fsp3) is 0.360. The van der Waals surface area contributed by atoms with Gasteiger partial charge in [0.1, 0.15) is 4.88 Å². The van der Waals surface area contributed by atoms with Crippen molar-refractivity contribution in [1.29, 1.82) is 0 Å². The van der Waals surface area contributed by atoms with Crippen LogP contribution in [0.2, 0.25) is 5.02 Å². The van der Waals surface area contributed by atoms with Crippen molar-refractivity contribution >= 4 is 34.8 Å². The molecule has 0 saturated heterocycles. The molecular formula is C25H26ClN3O2S. The van der Waals surface area contributed by atoms with Crippen molar-refractivity contribution in [1.82, 2.24) is 14.8 Å². The SMILES string of the molecule is O=C(NC1CCCCCC1)C1c2cccn2-c2ccsc2C(=O)N1Cc1ccc(Cl)cc1. The summed E-state index contributed by atoms with van der Waals surface area (Å²) in [5, 5.41) is 5.86. The largest absolute Gasteiger partial charge is 0.351 e. The molecule has 0 bridgehead atoms.